The summed E-state index contributed by atoms with van der Waals surface area (Å²) in [4.78, 5) is 15.7. The van der Waals surface area contributed by atoms with Gasteiger partial charge in [0.25, 0.3) is 0 Å². The molecule has 0 radical (unpaired) electrons. The van der Waals surface area contributed by atoms with Gasteiger partial charge < -0.3 is 13.9 Å². The molecule has 0 bridgehead atoms. The molecule has 18 heavy (non-hydrogen) atoms. The van der Waals surface area contributed by atoms with Gasteiger partial charge in [0.1, 0.15) is 12.9 Å². The highest BCUT2D eigenvalue weighted by Gasteiger charge is 2.09. The van der Waals surface area contributed by atoms with E-state index in [1.54, 1.807) is 24.3 Å². The predicted octanol–water partition coefficient (Wildman–Crippen LogP) is 2.43. The monoisotopic (exact) mass is 247 g/mol. The van der Waals surface area contributed by atoms with E-state index in [-0.39, 0.29) is 6.61 Å². The minimum atomic E-state index is -0.438. The molecule has 0 N–H and O–H groups in total. The lowest BCUT2D eigenvalue weighted by Gasteiger charge is -2.05. The highest BCUT2D eigenvalue weighted by molar-refractivity contribution is 5.88. The fraction of sp³-hybridized carbons (Fsp3) is 0.231. The van der Waals surface area contributed by atoms with E-state index in [1.807, 2.05) is 6.92 Å². The van der Waals surface area contributed by atoms with Gasteiger partial charge in [0.05, 0.1) is 24.1 Å². The lowest BCUT2D eigenvalue weighted by atomic mass is 10.3. The lowest BCUT2D eigenvalue weighted by Crippen LogP contribution is -2.05. The Labute approximate surface area is 104 Å². The zero-order valence-corrected chi connectivity index (χ0v) is 9.96. The first-order valence-electron chi connectivity index (χ1n) is 5.57. The number of carbonyl (C=O) groups is 1. The molecule has 5 heteroatoms. The molecule has 0 unspecified atom stereocenters. The summed E-state index contributed by atoms with van der Waals surface area (Å²) in [6.45, 7) is 2.53. The van der Waals surface area contributed by atoms with E-state index in [4.69, 9.17) is 13.9 Å². The molecular formula is C13H13NO4. The smallest absolute Gasteiger partial charge is 0.341 e. The van der Waals surface area contributed by atoms with Gasteiger partial charge in [-0.15, -0.1) is 0 Å². The van der Waals surface area contributed by atoms with E-state index in [9.17, 15) is 4.79 Å². The molecule has 0 spiro atoms. The van der Waals surface area contributed by atoms with Gasteiger partial charge >= 0.3 is 5.97 Å². The maximum absolute atomic E-state index is 11.5. The number of hydrogen-bond acceptors (Lipinski definition) is 5. The normalized spacial score (nSPS) is 10.1. The summed E-state index contributed by atoms with van der Waals surface area (Å²) >= 11 is 0. The second-order valence-corrected chi connectivity index (χ2v) is 3.49. The molecule has 2 aromatic heterocycles. The van der Waals surface area contributed by atoms with Crippen molar-refractivity contribution in [3.05, 3.63) is 48.0 Å². The first-order valence-corrected chi connectivity index (χ1v) is 5.57. The van der Waals surface area contributed by atoms with E-state index in [0.717, 1.165) is 0 Å². The molecule has 0 aliphatic carbocycles. The highest BCUT2D eigenvalue weighted by Crippen LogP contribution is 2.10. The summed E-state index contributed by atoms with van der Waals surface area (Å²) < 4.78 is 15.1. The van der Waals surface area contributed by atoms with Crippen LogP contribution in [0.15, 0.2) is 41.2 Å². The molecule has 2 heterocycles. The molecule has 5 nitrogen and oxygen atoms in total. The number of ether oxygens (including phenoxy) is 2. The number of rotatable bonds is 5. The van der Waals surface area contributed by atoms with Gasteiger partial charge in [0, 0.05) is 6.07 Å². The van der Waals surface area contributed by atoms with Gasteiger partial charge in [-0.25, -0.2) is 9.78 Å². The summed E-state index contributed by atoms with van der Waals surface area (Å²) in [5.41, 5.74) is 1.02. The molecule has 0 amide bonds. The molecular weight excluding hydrogens is 234 g/mol. The summed E-state index contributed by atoms with van der Waals surface area (Å²) in [7, 11) is 0. The molecule has 0 fully saturated rings. The minimum Gasteiger partial charge on any atom is -0.478 e. The van der Waals surface area contributed by atoms with Crippen molar-refractivity contribution in [2.75, 3.05) is 6.61 Å². The van der Waals surface area contributed by atoms with E-state index in [1.165, 1.54) is 12.5 Å². The van der Waals surface area contributed by atoms with Gasteiger partial charge in [0.2, 0.25) is 5.88 Å². The molecule has 94 valence electrons. The Balaban J connectivity index is 1.93. The van der Waals surface area contributed by atoms with E-state index in [0.29, 0.717) is 23.7 Å². The van der Waals surface area contributed by atoms with Crippen LogP contribution in [0.2, 0.25) is 0 Å². The average Bonchev–Trinajstić information content (AvgIpc) is 2.91. The van der Waals surface area contributed by atoms with E-state index < -0.39 is 5.97 Å². The van der Waals surface area contributed by atoms with Crippen molar-refractivity contribution in [1.82, 2.24) is 4.98 Å². The quantitative estimate of drug-likeness (QED) is 0.759. The first kappa shape index (κ1) is 12.2. The van der Waals surface area contributed by atoms with Gasteiger partial charge in [-0.1, -0.05) is 6.07 Å². The topological polar surface area (TPSA) is 61.6 Å². The number of pyridine rings is 1. The largest absolute Gasteiger partial charge is 0.478 e. The van der Waals surface area contributed by atoms with Crippen molar-refractivity contribution >= 4 is 5.97 Å². The van der Waals surface area contributed by atoms with Crippen molar-refractivity contribution in [2.24, 2.45) is 0 Å². The fourth-order valence-corrected chi connectivity index (χ4v) is 1.37. The molecule has 0 aliphatic heterocycles. The van der Waals surface area contributed by atoms with Crippen LogP contribution in [-0.4, -0.2) is 17.6 Å². The molecule has 0 saturated carbocycles. The number of aromatic nitrogens is 1. The summed E-state index contributed by atoms with van der Waals surface area (Å²) in [6, 6.07) is 6.88. The third-order valence-corrected chi connectivity index (χ3v) is 2.18. The Bertz CT molecular complexity index is 507. The summed E-state index contributed by atoms with van der Waals surface area (Å²) in [5.74, 6) is 0.0849. The first-order chi connectivity index (χ1) is 8.79. The zero-order valence-electron chi connectivity index (χ0n) is 9.96. The van der Waals surface area contributed by atoms with Gasteiger partial charge in [-0.2, -0.15) is 0 Å². The highest BCUT2D eigenvalue weighted by atomic mass is 16.5. The van der Waals surface area contributed by atoms with Gasteiger partial charge in [-0.05, 0) is 19.1 Å². The standard InChI is InChI=1S/C13H13NO4/c1-2-17-12-5-3-4-11(14-12)9-18-13(15)10-6-7-16-8-10/h3-8H,2,9H2,1H3. The van der Waals surface area contributed by atoms with Gasteiger partial charge in [0.15, 0.2) is 0 Å². The fourth-order valence-electron chi connectivity index (χ4n) is 1.37. The van der Waals surface area contributed by atoms with Crippen LogP contribution in [0.5, 0.6) is 5.88 Å². The van der Waals surface area contributed by atoms with Crippen molar-refractivity contribution in [1.29, 1.82) is 0 Å². The van der Waals surface area contributed by atoms with Crippen molar-refractivity contribution < 1.29 is 18.7 Å². The average molecular weight is 247 g/mol. The third kappa shape index (κ3) is 3.10. The number of nitrogens with zero attached hydrogens (tertiary/aromatic N) is 1. The summed E-state index contributed by atoms with van der Waals surface area (Å²) in [5, 5.41) is 0. The lowest BCUT2D eigenvalue weighted by molar-refractivity contribution is 0.0466. The van der Waals surface area contributed by atoms with Crippen LogP contribution in [0.25, 0.3) is 0 Å². The van der Waals surface area contributed by atoms with Crippen molar-refractivity contribution in [2.45, 2.75) is 13.5 Å². The van der Waals surface area contributed by atoms with Crippen LogP contribution in [0.4, 0.5) is 0 Å². The second-order valence-electron chi connectivity index (χ2n) is 3.49. The van der Waals surface area contributed by atoms with Crippen LogP contribution in [0.1, 0.15) is 23.0 Å². The van der Waals surface area contributed by atoms with Crippen molar-refractivity contribution in [3.8, 4) is 5.88 Å². The number of furan rings is 1. The van der Waals surface area contributed by atoms with E-state index in [2.05, 4.69) is 4.98 Å². The molecule has 0 atom stereocenters. The SMILES string of the molecule is CCOc1cccc(COC(=O)c2ccoc2)n1. The molecule has 0 aromatic carbocycles. The number of hydrogen-bond donors (Lipinski definition) is 0. The molecule has 0 aliphatic rings. The van der Waals surface area contributed by atoms with Crippen LogP contribution >= 0.6 is 0 Å². The predicted molar refractivity (Wildman–Crippen MR) is 63.2 cm³/mol. The Kier molecular flexibility index (Phi) is 3.96. The third-order valence-electron chi connectivity index (χ3n) is 2.18. The van der Waals surface area contributed by atoms with Gasteiger partial charge in [-0.3, -0.25) is 0 Å². The van der Waals surface area contributed by atoms with Crippen LogP contribution < -0.4 is 4.74 Å². The molecule has 0 saturated heterocycles. The molecule has 2 aromatic rings. The Morgan fingerprint density at radius 2 is 2.28 bits per heavy atom. The van der Waals surface area contributed by atoms with E-state index >= 15 is 0 Å². The Morgan fingerprint density at radius 1 is 1.39 bits per heavy atom. The molecule has 2 rings (SSSR count). The Morgan fingerprint density at radius 3 is 3.00 bits per heavy atom. The maximum Gasteiger partial charge on any atom is 0.341 e. The second kappa shape index (κ2) is 5.86. The van der Waals surface area contributed by atoms with Crippen molar-refractivity contribution in [3.63, 3.8) is 0 Å². The van der Waals surface area contributed by atoms with Crippen LogP contribution in [-0.2, 0) is 11.3 Å². The Hall–Kier alpha value is -2.30. The number of esters is 1. The van der Waals surface area contributed by atoms with Crippen LogP contribution in [0.3, 0.4) is 0 Å². The minimum absolute atomic E-state index is 0.102. The van der Waals surface area contributed by atoms with Crippen LogP contribution in [0, 0.1) is 0 Å². The maximum atomic E-state index is 11.5. The zero-order chi connectivity index (χ0) is 12.8. The number of carbonyl (C=O) groups excluding carboxylic acids is 1. The summed E-state index contributed by atoms with van der Waals surface area (Å²) in [6.07, 6.45) is 2.76.